The molecule has 1 heterocycles. The molecule has 0 aliphatic rings. The van der Waals surface area contributed by atoms with Gasteiger partial charge in [0.05, 0.1) is 12.6 Å². The van der Waals surface area contributed by atoms with Gasteiger partial charge in [0.25, 0.3) is 0 Å². The van der Waals surface area contributed by atoms with Gasteiger partial charge < -0.3 is 15.4 Å². The quantitative estimate of drug-likeness (QED) is 0.648. The number of nitrogens with zero attached hydrogens (tertiary/aromatic N) is 2. The largest absolute Gasteiger partial charge is 0.497 e. The molecule has 0 bridgehead atoms. The molecule has 0 atom stereocenters. The van der Waals surface area contributed by atoms with E-state index in [0.29, 0.717) is 5.95 Å². The van der Waals surface area contributed by atoms with Crippen LogP contribution in [0.4, 0.5) is 11.8 Å². The van der Waals surface area contributed by atoms with Gasteiger partial charge in [-0.15, -0.1) is 0 Å². The van der Waals surface area contributed by atoms with Crippen molar-refractivity contribution in [3.8, 4) is 5.75 Å². The summed E-state index contributed by atoms with van der Waals surface area (Å²) < 4.78 is 5.20. The third-order valence-corrected chi connectivity index (χ3v) is 4.00. The lowest BCUT2D eigenvalue weighted by Crippen LogP contribution is -2.10. The molecule has 5 nitrogen and oxygen atoms in total. The van der Waals surface area contributed by atoms with E-state index in [9.17, 15) is 0 Å². The molecule has 3 rings (SSSR count). The summed E-state index contributed by atoms with van der Waals surface area (Å²) in [4.78, 5) is 9.23. The molecule has 1 aromatic heterocycles. The van der Waals surface area contributed by atoms with Crippen molar-refractivity contribution in [2.75, 3.05) is 30.8 Å². The van der Waals surface area contributed by atoms with Gasteiger partial charge in [0, 0.05) is 18.5 Å². The van der Waals surface area contributed by atoms with E-state index in [1.54, 1.807) is 7.11 Å². The van der Waals surface area contributed by atoms with E-state index >= 15 is 0 Å². The van der Waals surface area contributed by atoms with Crippen LogP contribution in [-0.2, 0) is 6.42 Å². The maximum atomic E-state index is 5.20. The van der Waals surface area contributed by atoms with Crippen molar-refractivity contribution in [3.05, 3.63) is 54.1 Å². The van der Waals surface area contributed by atoms with Crippen LogP contribution in [0, 0.1) is 0 Å². The second-order valence-corrected chi connectivity index (χ2v) is 5.86. The first-order valence-corrected chi connectivity index (χ1v) is 8.67. The number of nitrogens with one attached hydrogen (secondary N) is 2. The number of aromatic nitrogens is 2. The van der Waals surface area contributed by atoms with Crippen LogP contribution < -0.4 is 15.4 Å². The van der Waals surface area contributed by atoms with E-state index in [2.05, 4.69) is 45.7 Å². The van der Waals surface area contributed by atoms with Crippen molar-refractivity contribution in [3.63, 3.8) is 0 Å². The Kier molecular flexibility index (Phi) is 5.67. The fourth-order valence-corrected chi connectivity index (χ4v) is 2.64. The minimum atomic E-state index is 0.674. The lowest BCUT2D eigenvalue weighted by molar-refractivity contribution is 0.414. The van der Waals surface area contributed by atoms with Gasteiger partial charge in [0.1, 0.15) is 11.6 Å². The van der Waals surface area contributed by atoms with Crippen LogP contribution in [0.3, 0.4) is 0 Å². The summed E-state index contributed by atoms with van der Waals surface area (Å²) in [5, 5.41) is 7.77. The topological polar surface area (TPSA) is 59.1 Å². The molecule has 130 valence electrons. The third-order valence-electron chi connectivity index (χ3n) is 4.00. The van der Waals surface area contributed by atoms with Crippen LogP contribution in [0.25, 0.3) is 10.9 Å². The van der Waals surface area contributed by atoms with E-state index in [1.165, 1.54) is 5.56 Å². The monoisotopic (exact) mass is 336 g/mol. The van der Waals surface area contributed by atoms with E-state index < -0.39 is 0 Å². The van der Waals surface area contributed by atoms with Crippen LogP contribution in [0.15, 0.2) is 48.5 Å². The van der Waals surface area contributed by atoms with Gasteiger partial charge in [-0.3, -0.25) is 0 Å². The minimum absolute atomic E-state index is 0.674. The number of hydrogen-bond donors (Lipinski definition) is 2. The lowest BCUT2D eigenvalue weighted by atomic mass is 10.1. The molecule has 0 unspecified atom stereocenters. The highest BCUT2D eigenvalue weighted by Crippen LogP contribution is 2.22. The number of hydrogen-bond acceptors (Lipinski definition) is 5. The number of benzene rings is 2. The smallest absolute Gasteiger partial charge is 0.225 e. The van der Waals surface area contributed by atoms with Gasteiger partial charge in [0.15, 0.2) is 0 Å². The molecule has 0 saturated heterocycles. The minimum Gasteiger partial charge on any atom is -0.497 e. The summed E-state index contributed by atoms with van der Waals surface area (Å²) in [6, 6.07) is 16.2. The molecule has 0 fully saturated rings. The standard InChI is InChI=1S/C20H24N4O/c1-3-13-22-20-23-18-7-5-4-6-17(18)19(24-20)21-14-12-15-8-10-16(25-2)11-9-15/h4-11H,3,12-14H2,1-2H3,(H2,21,22,23,24). The molecule has 3 aromatic rings. The Balaban J connectivity index is 1.72. The Morgan fingerprint density at radius 2 is 1.72 bits per heavy atom. The highest BCUT2D eigenvalue weighted by Gasteiger charge is 2.07. The predicted molar refractivity (Wildman–Crippen MR) is 104 cm³/mol. The van der Waals surface area contributed by atoms with Gasteiger partial charge in [-0.25, -0.2) is 4.98 Å². The zero-order valence-electron chi connectivity index (χ0n) is 14.7. The zero-order chi connectivity index (χ0) is 17.5. The first kappa shape index (κ1) is 17.0. The molecule has 0 aliphatic carbocycles. The SMILES string of the molecule is CCCNc1nc(NCCc2ccc(OC)cc2)c2ccccc2n1. The molecule has 5 heteroatoms. The van der Waals surface area contributed by atoms with E-state index in [-0.39, 0.29) is 0 Å². The number of methoxy groups -OCH3 is 1. The van der Waals surface area contributed by atoms with Crippen LogP contribution in [-0.4, -0.2) is 30.2 Å². The van der Waals surface area contributed by atoms with Gasteiger partial charge in [-0.05, 0) is 42.7 Å². The molecule has 0 amide bonds. The molecule has 2 N–H and O–H groups in total. The van der Waals surface area contributed by atoms with Crippen molar-refractivity contribution in [1.29, 1.82) is 0 Å². The Morgan fingerprint density at radius 1 is 0.920 bits per heavy atom. The summed E-state index contributed by atoms with van der Waals surface area (Å²) in [6.45, 7) is 3.80. The van der Waals surface area contributed by atoms with Crippen molar-refractivity contribution < 1.29 is 4.74 Å². The molecule has 0 radical (unpaired) electrons. The van der Waals surface area contributed by atoms with Crippen molar-refractivity contribution in [1.82, 2.24) is 9.97 Å². The summed E-state index contributed by atoms with van der Waals surface area (Å²) >= 11 is 0. The summed E-state index contributed by atoms with van der Waals surface area (Å²) in [6.07, 6.45) is 1.95. The van der Waals surface area contributed by atoms with Crippen molar-refractivity contribution in [2.24, 2.45) is 0 Å². The zero-order valence-corrected chi connectivity index (χ0v) is 14.7. The molecule has 0 aliphatic heterocycles. The van der Waals surface area contributed by atoms with Crippen LogP contribution in [0.5, 0.6) is 5.75 Å². The Labute approximate surface area is 148 Å². The summed E-state index contributed by atoms with van der Waals surface area (Å²) in [5.74, 6) is 2.43. The van der Waals surface area contributed by atoms with Gasteiger partial charge in [0.2, 0.25) is 5.95 Å². The number of para-hydroxylation sites is 1. The van der Waals surface area contributed by atoms with E-state index in [4.69, 9.17) is 4.74 Å². The second-order valence-electron chi connectivity index (χ2n) is 5.86. The highest BCUT2D eigenvalue weighted by atomic mass is 16.5. The van der Waals surface area contributed by atoms with Gasteiger partial charge in [-0.1, -0.05) is 31.2 Å². The number of ether oxygens (including phenoxy) is 1. The summed E-state index contributed by atoms with van der Waals surface area (Å²) in [5.41, 5.74) is 2.21. The second kappa shape index (κ2) is 8.33. The van der Waals surface area contributed by atoms with Crippen LogP contribution in [0.1, 0.15) is 18.9 Å². The van der Waals surface area contributed by atoms with Crippen molar-refractivity contribution >= 4 is 22.7 Å². The molecule has 2 aromatic carbocycles. The predicted octanol–water partition coefficient (Wildman–Crippen LogP) is 4.11. The number of fused-ring (bicyclic) bond motifs is 1. The highest BCUT2D eigenvalue weighted by molar-refractivity contribution is 5.90. The first-order valence-electron chi connectivity index (χ1n) is 8.67. The fraction of sp³-hybridized carbons (Fsp3) is 0.300. The molecule has 25 heavy (non-hydrogen) atoms. The van der Waals surface area contributed by atoms with Gasteiger partial charge in [-0.2, -0.15) is 4.98 Å². The molecular formula is C20H24N4O. The maximum Gasteiger partial charge on any atom is 0.225 e. The number of rotatable bonds is 8. The Bertz CT molecular complexity index is 818. The normalized spacial score (nSPS) is 10.6. The van der Waals surface area contributed by atoms with E-state index in [0.717, 1.165) is 48.4 Å². The maximum absolute atomic E-state index is 5.20. The Morgan fingerprint density at radius 3 is 2.48 bits per heavy atom. The van der Waals surface area contributed by atoms with Crippen LogP contribution in [0.2, 0.25) is 0 Å². The fourth-order valence-electron chi connectivity index (χ4n) is 2.64. The summed E-state index contributed by atoms with van der Waals surface area (Å²) in [7, 11) is 1.68. The van der Waals surface area contributed by atoms with Crippen LogP contribution >= 0.6 is 0 Å². The number of anilines is 2. The average molecular weight is 336 g/mol. The lowest BCUT2D eigenvalue weighted by Gasteiger charge is -2.12. The first-order chi connectivity index (χ1) is 12.3. The van der Waals surface area contributed by atoms with E-state index in [1.807, 2.05) is 30.3 Å². The molecule has 0 saturated carbocycles. The van der Waals surface area contributed by atoms with Gasteiger partial charge >= 0.3 is 0 Å². The molecule has 0 spiro atoms. The third kappa shape index (κ3) is 4.38. The Hall–Kier alpha value is -2.82. The molecular weight excluding hydrogens is 312 g/mol. The average Bonchev–Trinajstić information content (AvgIpc) is 2.67. The van der Waals surface area contributed by atoms with Crippen molar-refractivity contribution in [2.45, 2.75) is 19.8 Å².